The molecule has 0 unspecified atom stereocenters. The predicted molar refractivity (Wildman–Crippen MR) is 116 cm³/mol. The second-order valence-electron chi connectivity index (χ2n) is 7.51. The SMILES string of the molecule is COc1cccc(NC(=O)N[C@@H]2[C@@H](OC(C)=O)[C@H](OC(C)=O)[C@@H](COC(C)=O)O[C@@H]2C(C)=O)c1. The fraction of sp³-hybridized carbons (Fsp3) is 0.500. The van der Waals surface area contributed by atoms with Crippen molar-refractivity contribution >= 4 is 35.4 Å². The van der Waals surface area contributed by atoms with Crippen molar-refractivity contribution in [3.8, 4) is 5.75 Å². The van der Waals surface area contributed by atoms with Crippen LogP contribution in [0.2, 0.25) is 0 Å². The van der Waals surface area contributed by atoms with Crippen molar-refractivity contribution in [3.05, 3.63) is 24.3 Å². The number of benzene rings is 1. The molecule has 1 aliphatic heterocycles. The number of amides is 2. The van der Waals surface area contributed by atoms with Crippen LogP contribution < -0.4 is 15.4 Å². The number of anilines is 1. The van der Waals surface area contributed by atoms with Gasteiger partial charge in [0.2, 0.25) is 0 Å². The van der Waals surface area contributed by atoms with Crippen LogP contribution in [0.25, 0.3) is 0 Å². The van der Waals surface area contributed by atoms with E-state index in [1.165, 1.54) is 21.0 Å². The maximum absolute atomic E-state index is 12.8. The molecule has 186 valence electrons. The van der Waals surface area contributed by atoms with Gasteiger partial charge in [-0.2, -0.15) is 0 Å². The Labute approximate surface area is 196 Å². The lowest BCUT2D eigenvalue weighted by Crippen LogP contribution is -2.68. The van der Waals surface area contributed by atoms with Crippen molar-refractivity contribution in [2.24, 2.45) is 0 Å². The number of carbonyl (C=O) groups is 5. The molecule has 0 radical (unpaired) electrons. The number of ketones is 1. The first-order valence-corrected chi connectivity index (χ1v) is 10.4. The molecule has 2 amide bonds. The number of urea groups is 1. The molecule has 12 heteroatoms. The molecule has 12 nitrogen and oxygen atoms in total. The van der Waals surface area contributed by atoms with Gasteiger partial charge in [-0.15, -0.1) is 0 Å². The lowest BCUT2D eigenvalue weighted by Gasteiger charge is -2.44. The highest BCUT2D eigenvalue weighted by Gasteiger charge is 2.52. The van der Waals surface area contributed by atoms with Gasteiger partial charge in [0.1, 0.15) is 30.6 Å². The summed E-state index contributed by atoms with van der Waals surface area (Å²) < 4.78 is 26.5. The van der Waals surface area contributed by atoms with Gasteiger partial charge in [0.15, 0.2) is 18.0 Å². The van der Waals surface area contributed by atoms with Crippen LogP contribution in [0.5, 0.6) is 5.75 Å². The topological polar surface area (TPSA) is 156 Å². The van der Waals surface area contributed by atoms with Crippen LogP contribution in [0.3, 0.4) is 0 Å². The molecule has 1 aliphatic rings. The quantitative estimate of drug-likeness (QED) is 0.406. The second kappa shape index (κ2) is 12.0. The van der Waals surface area contributed by atoms with Gasteiger partial charge in [-0.05, 0) is 19.1 Å². The van der Waals surface area contributed by atoms with Crippen molar-refractivity contribution in [1.29, 1.82) is 0 Å². The molecule has 2 N–H and O–H groups in total. The predicted octanol–water partition coefficient (Wildman–Crippen LogP) is 0.968. The Kier molecular flexibility index (Phi) is 9.36. The molecule has 34 heavy (non-hydrogen) atoms. The van der Waals surface area contributed by atoms with Crippen molar-refractivity contribution in [2.45, 2.75) is 58.2 Å². The Bertz CT molecular complexity index is 934. The third-order valence-electron chi connectivity index (χ3n) is 4.77. The maximum atomic E-state index is 12.8. The van der Waals surface area contributed by atoms with Gasteiger partial charge in [0, 0.05) is 32.5 Å². The molecular formula is C22H28N2O10. The summed E-state index contributed by atoms with van der Waals surface area (Å²) in [6, 6.07) is 4.56. The molecule has 0 aromatic heterocycles. The standard InChI is InChI=1S/C22H28N2O10/c1-11(25)19-18(24-22(29)23-15-7-6-8-16(9-15)30-5)21(33-14(4)28)20(32-13(3)27)17(34-19)10-31-12(2)26/h6-9,17-21H,10H2,1-5H3,(H2,23,24,29)/t17-,18+,19-,20-,21-/m1/s1. The summed E-state index contributed by atoms with van der Waals surface area (Å²) in [4.78, 5) is 60.1. The average molecular weight is 480 g/mol. The summed E-state index contributed by atoms with van der Waals surface area (Å²) >= 11 is 0. The summed E-state index contributed by atoms with van der Waals surface area (Å²) in [6.07, 6.45) is -5.03. The first-order valence-electron chi connectivity index (χ1n) is 10.4. The monoisotopic (exact) mass is 480 g/mol. The molecule has 0 aliphatic carbocycles. The van der Waals surface area contributed by atoms with Gasteiger partial charge in [0.05, 0.1) is 7.11 Å². The third kappa shape index (κ3) is 7.44. The van der Waals surface area contributed by atoms with Crippen LogP contribution in [0.4, 0.5) is 10.5 Å². The van der Waals surface area contributed by atoms with Crippen molar-refractivity contribution in [1.82, 2.24) is 5.32 Å². The largest absolute Gasteiger partial charge is 0.497 e. The number of esters is 3. The number of ether oxygens (including phenoxy) is 5. The highest BCUT2D eigenvalue weighted by atomic mass is 16.6. The highest BCUT2D eigenvalue weighted by Crippen LogP contribution is 2.28. The number of hydrogen-bond acceptors (Lipinski definition) is 10. The second-order valence-corrected chi connectivity index (χ2v) is 7.51. The van der Waals surface area contributed by atoms with Gasteiger partial charge in [-0.1, -0.05) is 6.07 Å². The van der Waals surface area contributed by atoms with E-state index in [0.29, 0.717) is 11.4 Å². The van der Waals surface area contributed by atoms with E-state index in [4.69, 9.17) is 23.7 Å². The zero-order valence-electron chi connectivity index (χ0n) is 19.5. The maximum Gasteiger partial charge on any atom is 0.319 e. The summed E-state index contributed by atoms with van der Waals surface area (Å²) in [7, 11) is 1.47. The van der Waals surface area contributed by atoms with Gasteiger partial charge < -0.3 is 34.3 Å². The number of hydrogen-bond donors (Lipinski definition) is 2. The number of carbonyl (C=O) groups excluding carboxylic acids is 5. The minimum atomic E-state index is -1.32. The van der Waals surface area contributed by atoms with Gasteiger partial charge >= 0.3 is 23.9 Å². The van der Waals surface area contributed by atoms with E-state index >= 15 is 0 Å². The van der Waals surface area contributed by atoms with Crippen molar-refractivity contribution in [2.75, 3.05) is 19.0 Å². The minimum Gasteiger partial charge on any atom is -0.497 e. The molecule has 0 saturated carbocycles. The Morgan fingerprint density at radius 3 is 2.15 bits per heavy atom. The van der Waals surface area contributed by atoms with Gasteiger partial charge in [-0.3, -0.25) is 19.2 Å². The first-order chi connectivity index (χ1) is 16.0. The molecule has 1 aromatic carbocycles. The minimum absolute atomic E-state index is 0.377. The van der Waals surface area contributed by atoms with Crippen LogP contribution in [-0.2, 0) is 38.1 Å². The smallest absolute Gasteiger partial charge is 0.319 e. The number of nitrogens with one attached hydrogen (secondary N) is 2. The van der Waals surface area contributed by atoms with Gasteiger partial charge in [0.25, 0.3) is 0 Å². The number of Topliss-reactive ketones (excluding diaryl/α,β-unsaturated/α-hetero) is 1. The van der Waals surface area contributed by atoms with E-state index < -0.39 is 60.2 Å². The Balaban J connectivity index is 2.36. The molecular weight excluding hydrogens is 452 g/mol. The molecule has 0 bridgehead atoms. The molecule has 1 fully saturated rings. The number of rotatable bonds is 8. The fourth-order valence-corrected chi connectivity index (χ4v) is 3.46. The highest BCUT2D eigenvalue weighted by molar-refractivity contribution is 5.91. The van der Waals surface area contributed by atoms with Crippen LogP contribution in [0.1, 0.15) is 27.7 Å². The van der Waals surface area contributed by atoms with Crippen LogP contribution in [-0.4, -0.2) is 73.9 Å². The Morgan fingerprint density at radius 1 is 0.941 bits per heavy atom. The van der Waals surface area contributed by atoms with Crippen molar-refractivity contribution in [3.63, 3.8) is 0 Å². The summed E-state index contributed by atoms with van der Waals surface area (Å²) in [6.45, 7) is 4.26. The fourth-order valence-electron chi connectivity index (χ4n) is 3.46. The first kappa shape index (κ1) is 26.6. The molecule has 1 heterocycles. The van der Waals surface area contributed by atoms with Gasteiger partial charge in [-0.25, -0.2) is 4.79 Å². The molecule has 0 spiro atoms. The zero-order valence-corrected chi connectivity index (χ0v) is 19.5. The van der Waals surface area contributed by atoms with E-state index in [-0.39, 0.29) is 6.61 Å². The average Bonchev–Trinajstić information content (AvgIpc) is 2.74. The van der Waals surface area contributed by atoms with Crippen molar-refractivity contribution < 1.29 is 47.7 Å². The summed E-state index contributed by atoms with van der Waals surface area (Å²) in [5.74, 6) is -2.12. The van der Waals surface area contributed by atoms with Crippen LogP contribution in [0, 0.1) is 0 Å². The summed E-state index contributed by atoms with van der Waals surface area (Å²) in [5, 5.41) is 5.16. The van der Waals surface area contributed by atoms with E-state index in [1.807, 2.05) is 0 Å². The molecule has 5 atom stereocenters. The normalized spacial score (nSPS) is 23.7. The Morgan fingerprint density at radius 2 is 1.59 bits per heavy atom. The van der Waals surface area contributed by atoms with Crippen LogP contribution in [0.15, 0.2) is 24.3 Å². The molecule has 2 rings (SSSR count). The van der Waals surface area contributed by atoms with E-state index in [0.717, 1.165) is 13.8 Å². The molecule has 1 saturated heterocycles. The third-order valence-corrected chi connectivity index (χ3v) is 4.77. The summed E-state index contributed by atoms with van der Waals surface area (Å²) in [5.41, 5.74) is 0.390. The molecule has 1 aromatic rings. The lowest BCUT2D eigenvalue weighted by molar-refractivity contribution is -0.220. The van der Waals surface area contributed by atoms with E-state index in [1.54, 1.807) is 24.3 Å². The zero-order chi connectivity index (χ0) is 25.4. The van der Waals surface area contributed by atoms with Crippen LogP contribution >= 0.6 is 0 Å². The van der Waals surface area contributed by atoms with E-state index in [9.17, 15) is 24.0 Å². The van der Waals surface area contributed by atoms with E-state index in [2.05, 4.69) is 10.6 Å². The Hall–Kier alpha value is -3.67. The lowest BCUT2D eigenvalue weighted by atomic mass is 9.90. The number of methoxy groups -OCH3 is 1.